The number of ether oxygens (including phenoxy) is 1. The number of benzene rings is 2. The zero-order valence-corrected chi connectivity index (χ0v) is 20.1. The molecule has 0 spiro atoms. The molecule has 2 aromatic rings. The van der Waals surface area contributed by atoms with Crippen LogP contribution in [0.1, 0.15) is 42.4 Å². The molecule has 9 heteroatoms. The molecular weight excluding hydrogens is 564 g/mol. The fraction of sp³-hybridized carbons (Fsp3) is 0.318. The third-order valence-corrected chi connectivity index (χ3v) is 6.66. The minimum atomic E-state index is -4.66. The Bertz CT molecular complexity index is 1020. The molecule has 0 saturated heterocycles. The smallest absolute Gasteiger partial charge is 0.417 e. The van der Waals surface area contributed by atoms with E-state index in [2.05, 4.69) is 31.9 Å². The van der Waals surface area contributed by atoms with Crippen LogP contribution in [-0.2, 0) is 17.4 Å². The number of carboxylic acid groups (broad SMARTS) is 1. The zero-order valence-electron chi connectivity index (χ0n) is 16.2. The second-order valence-electron chi connectivity index (χ2n) is 7.16. The first-order valence-electron chi connectivity index (χ1n) is 9.47. The summed E-state index contributed by atoms with van der Waals surface area (Å²) in [5.74, 6) is -1.12. The highest BCUT2D eigenvalue weighted by Crippen LogP contribution is 2.46. The molecule has 0 bridgehead atoms. The van der Waals surface area contributed by atoms with E-state index in [4.69, 9.17) is 21.4 Å². The average molecular weight is 583 g/mol. The Kier molecular flexibility index (Phi) is 7.76. The van der Waals surface area contributed by atoms with Gasteiger partial charge in [-0.25, -0.2) is 0 Å². The van der Waals surface area contributed by atoms with Gasteiger partial charge in [0.05, 0.1) is 14.5 Å². The third-order valence-electron chi connectivity index (χ3n) is 5.07. The molecule has 0 amide bonds. The van der Waals surface area contributed by atoms with Crippen LogP contribution in [0.5, 0.6) is 5.75 Å². The normalized spacial score (nSPS) is 14.3. The maximum atomic E-state index is 13.7. The molecule has 0 fully saturated rings. The number of carboxylic acids is 1. The largest absolute Gasteiger partial charge is 0.487 e. The summed E-state index contributed by atoms with van der Waals surface area (Å²) in [7, 11) is 0. The van der Waals surface area contributed by atoms with Crippen LogP contribution in [-0.4, -0.2) is 17.7 Å². The highest BCUT2D eigenvalue weighted by molar-refractivity contribution is 9.11. The molecule has 2 aromatic carbocycles. The van der Waals surface area contributed by atoms with E-state index >= 15 is 0 Å². The highest BCUT2D eigenvalue weighted by atomic mass is 79.9. The van der Waals surface area contributed by atoms with Gasteiger partial charge in [0.25, 0.3) is 0 Å². The second kappa shape index (κ2) is 9.96. The molecule has 0 unspecified atom stereocenters. The Morgan fingerprint density at radius 1 is 1.16 bits per heavy atom. The molecule has 1 N–H and O–H groups in total. The van der Waals surface area contributed by atoms with Gasteiger partial charge in [0, 0.05) is 11.4 Å². The number of aryl methyl sites for hydroxylation is 1. The number of alkyl halides is 3. The lowest BCUT2D eigenvalue weighted by molar-refractivity contribution is -0.140. The van der Waals surface area contributed by atoms with Crippen LogP contribution in [0.2, 0.25) is 5.02 Å². The number of carbonyl (C=O) groups is 1. The summed E-state index contributed by atoms with van der Waals surface area (Å²) < 4.78 is 47.1. The van der Waals surface area contributed by atoms with Gasteiger partial charge >= 0.3 is 12.1 Å². The van der Waals surface area contributed by atoms with Crippen molar-refractivity contribution < 1.29 is 27.8 Å². The minimum Gasteiger partial charge on any atom is -0.487 e. The van der Waals surface area contributed by atoms with Gasteiger partial charge in [-0.3, -0.25) is 4.79 Å². The van der Waals surface area contributed by atoms with Crippen molar-refractivity contribution in [3.8, 4) is 5.75 Å². The number of hydrogen-bond donors (Lipinski definition) is 1. The Morgan fingerprint density at radius 2 is 1.84 bits per heavy atom. The van der Waals surface area contributed by atoms with Crippen molar-refractivity contribution in [3.05, 3.63) is 66.6 Å². The average Bonchev–Trinajstić information content (AvgIpc) is 3.14. The number of halogens is 6. The summed E-state index contributed by atoms with van der Waals surface area (Å²) in [5, 5.41) is 9.49. The van der Waals surface area contributed by atoms with Gasteiger partial charge in [0.1, 0.15) is 12.4 Å². The van der Waals surface area contributed by atoms with Crippen LogP contribution < -0.4 is 4.74 Å². The lowest BCUT2D eigenvalue weighted by atomic mass is 10.0. The Hall–Kier alpha value is -1.51. The fourth-order valence-corrected chi connectivity index (χ4v) is 5.44. The van der Waals surface area contributed by atoms with Crippen molar-refractivity contribution in [2.45, 2.75) is 38.3 Å². The number of rotatable bonds is 7. The van der Waals surface area contributed by atoms with E-state index in [1.54, 1.807) is 12.1 Å². The van der Waals surface area contributed by atoms with Gasteiger partial charge in [-0.2, -0.15) is 13.2 Å². The van der Waals surface area contributed by atoms with Crippen molar-refractivity contribution in [1.29, 1.82) is 0 Å². The quantitative estimate of drug-likeness (QED) is 0.361. The van der Waals surface area contributed by atoms with Crippen LogP contribution in [0.4, 0.5) is 13.2 Å². The van der Waals surface area contributed by atoms with Gasteiger partial charge in [-0.15, -0.1) is 0 Å². The predicted octanol–water partition coefficient (Wildman–Crippen LogP) is 7.92. The van der Waals surface area contributed by atoms with E-state index in [1.807, 2.05) is 12.1 Å². The van der Waals surface area contributed by atoms with Gasteiger partial charge in [-0.05, 0) is 98.0 Å². The van der Waals surface area contributed by atoms with Crippen LogP contribution in [0.15, 0.2) is 44.9 Å². The van der Waals surface area contributed by atoms with Crippen molar-refractivity contribution >= 4 is 55.0 Å². The van der Waals surface area contributed by atoms with E-state index < -0.39 is 24.1 Å². The molecule has 3 nitrogen and oxygen atoms in total. The molecule has 3 rings (SSSR count). The molecule has 1 aliphatic carbocycles. The first-order valence-corrected chi connectivity index (χ1v) is 11.4. The zero-order chi connectivity index (χ0) is 22.8. The van der Waals surface area contributed by atoms with Gasteiger partial charge in [0.2, 0.25) is 0 Å². The number of aliphatic carboxylic acids is 1. The van der Waals surface area contributed by atoms with Crippen LogP contribution in [0.3, 0.4) is 0 Å². The topological polar surface area (TPSA) is 46.5 Å². The molecule has 166 valence electrons. The maximum absolute atomic E-state index is 13.7. The third kappa shape index (κ3) is 5.84. The first-order chi connectivity index (χ1) is 14.6. The minimum absolute atomic E-state index is 0.0428. The van der Waals surface area contributed by atoms with Crippen LogP contribution >= 0.6 is 43.5 Å². The maximum Gasteiger partial charge on any atom is 0.417 e. The summed E-state index contributed by atoms with van der Waals surface area (Å²) in [5.41, 5.74) is 2.16. The lowest BCUT2D eigenvalue weighted by Crippen LogP contribution is -2.13. The van der Waals surface area contributed by atoms with E-state index in [0.29, 0.717) is 9.50 Å². The molecule has 0 radical (unpaired) electrons. The lowest BCUT2D eigenvalue weighted by Gasteiger charge is -2.20. The molecule has 0 aromatic heterocycles. The SMILES string of the molecule is O=C(O)CCc1cc(Br)c(OCC2=C(c3ccc(Cl)cc3)CCC2)c(Br)c1C(F)(F)F. The van der Waals surface area contributed by atoms with Crippen molar-refractivity contribution in [1.82, 2.24) is 0 Å². The van der Waals surface area contributed by atoms with E-state index in [0.717, 1.165) is 36.0 Å². The van der Waals surface area contributed by atoms with E-state index in [-0.39, 0.29) is 28.8 Å². The molecule has 0 atom stereocenters. The molecular formula is C22H18Br2ClF3O3. The van der Waals surface area contributed by atoms with Crippen molar-refractivity contribution in [3.63, 3.8) is 0 Å². The second-order valence-corrected chi connectivity index (χ2v) is 9.24. The van der Waals surface area contributed by atoms with Crippen LogP contribution in [0.25, 0.3) is 5.57 Å². The van der Waals surface area contributed by atoms with Gasteiger partial charge in [-0.1, -0.05) is 23.7 Å². The van der Waals surface area contributed by atoms with Crippen molar-refractivity contribution in [2.75, 3.05) is 6.61 Å². The summed E-state index contributed by atoms with van der Waals surface area (Å²) >= 11 is 12.3. The molecule has 1 aliphatic rings. The molecule has 0 saturated carbocycles. The monoisotopic (exact) mass is 580 g/mol. The van der Waals surface area contributed by atoms with E-state index in [9.17, 15) is 18.0 Å². The summed E-state index contributed by atoms with van der Waals surface area (Å²) in [4.78, 5) is 10.8. The van der Waals surface area contributed by atoms with Gasteiger partial charge in [0.15, 0.2) is 0 Å². The Labute approximate surface area is 199 Å². The highest BCUT2D eigenvalue weighted by Gasteiger charge is 2.38. The van der Waals surface area contributed by atoms with Crippen LogP contribution in [0, 0.1) is 0 Å². The number of hydrogen-bond acceptors (Lipinski definition) is 2. The molecule has 31 heavy (non-hydrogen) atoms. The predicted molar refractivity (Wildman–Crippen MR) is 121 cm³/mol. The molecule has 0 heterocycles. The van der Waals surface area contributed by atoms with Gasteiger partial charge < -0.3 is 9.84 Å². The summed E-state index contributed by atoms with van der Waals surface area (Å²) in [6.45, 7) is 0.154. The Balaban J connectivity index is 1.91. The first kappa shape index (κ1) is 24.1. The fourth-order valence-electron chi connectivity index (χ4n) is 3.65. The standard InChI is InChI=1S/C22H18Br2ClF3O3/c23-17-10-13(6-9-18(29)30)19(22(26,27)28)20(24)21(17)31-11-14-2-1-3-16(14)12-4-7-15(25)8-5-12/h4-5,7-8,10H,1-3,6,9,11H2,(H,29,30). The Morgan fingerprint density at radius 3 is 2.45 bits per heavy atom. The van der Waals surface area contributed by atoms with Crippen molar-refractivity contribution in [2.24, 2.45) is 0 Å². The number of allylic oxidation sites excluding steroid dienone is 1. The van der Waals surface area contributed by atoms with E-state index in [1.165, 1.54) is 6.07 Å². The summed E-state index contributed by atoms with van der Waals surface area (Å²) in [6, 6.07) is 8.75. The molecule has 0 aliphatic heterocycles. The summed E-state index contributed by atoms with van der Waals surface area (Å²) in [6.07, 6.45) is -2.69.